The Kier molecular flexibility index (Phi) is 4.42. The van der Waals surface area contributed by atoms with E-state index in [4.69, 9.17) is 9.84 Å². The molecule has 138 valence electrons. The van der Waals surface area contributed by atoms with E-state index in [9.17, 15) is 4.79 Å². The molecule has 6 nitrogen and oxygen atoms in total. The Labute approximate surface area is 153 Å². The molecular formula is C20H25N3O3. The van der Waals surface area contributed by atoms with Gasteiger partial charge in [0.2, 0.25) is 0 Å². The second kappa shape index (κ2) is 6.74. The third-order valence-electron chi connectivity index (χ3n) is 5.98. The molecule has 0 spiro atoms. The molecule has 0 saturated heterocycles. The predicted octanol–water partition coefficient (Wildman–Crippen LogP) is 4.06. The van der Waals surface area contributed by atoms with E-state index < -0.39 is 5.97 Å². The minimum absolute atomic E-state index is 0.325. The Morgan fingerprint density at radius 1 is 1.15 bits per heavy atom. The third-order valence-corrected chi connectivity index (χ3v) is 5.98. The fourth-order valence-corrected chi connectivity index (χ4v) is 4.66. The second-order valence-electron chi connectivity index (χ2n) is 7.98. The van der Waals surface area contributed by atoms with Gasteiger partial charge in [-0.15, -0.1) is 0 Å². The lowest BCUT2D eigenvalue weighted by Gasteiger charge is -2.68. The van der Waals surface area contributed by atoms with Gasteiger partial charge in [0.25, 0.3) is 0 Å². The summed E-state index contributed by atoms with van der Waals surface area (Å²) >= 11 is 0. The monoisotopic (exact) mass is 355 g/mol. The van der Waals surface area contributed by atoms with Crippen molar-refractivity contribution in [3.8, 4) is 17.1 Å². The summed E-state index contributed by atoms with van der Waals surface area (Å²) in [6.07, 6.45) is 12.0. The lowest BCUT2D eigenvalue weighted by molar-refractivity contribution is -0.225. The molecule has 6 heteroatoms. The van der Waals surface area contributed by atoms with Crippen molar-refractivity contribution in [3.05, 3.63) is 30.6 Å². The number of ether oxygens (including phenoxy) is 1. The average molecular weight is 355 g/mol. The number of unbranched alkanes of at least 4 members (excludes halogenated alkanes) is 3. The normalized spacial score (nSPS) is 26.0. The maximum Gasteiger partial charge on any atom is 0.309 e. The minimum atomic E-state index is -0.580. The van der Waals surface area contributed by atoms with E-state index in [-0.39, 0.29) is 5.41 Å². The van der Waals surface area contributed by atoms with Crippen LogP contribution in [0.25, 0.3) is 11.4 Å². The molecule has 3 saturated carbocycles. The third kappa shape index (κ3) is 3.20. The summed E-state index contributed by atoms with van der Waals surface area (Å²) in [5.41, 5.74) is 1.81. The highest BCUT2D eigenvalue weighted by atomic mass is 16.5. The van der Waals surface area contributed by atoms with E-state index in [0.717, 1.165) is 49.2 Å². The molecule has 0 aromatic carbocycles. The van der Waals surface area contributed by atoms with E-state index in [1.165, 1.54) is 19.3 Å². The van der Waals surface area contributed by atoms with Crippen LogP contribution in [0.3, 0.4) is 0 Å². The summed E-state index contributed by atoms with van der Waals surface area (Å²) in [6.45, 7) is 0.707. The molecule has 0 amide bonds. The van der Waals surface area contributed by atoms with E-state index in [1.54, 1.807) is 12.4 Å². The largest absolute Gasteiger partial charge is 0.492 e. The van der Waals surface area contributed by atoms with Gasteiger partial charge in [0.1, 0.15) is 5.75 Å². The molecular weight excluding hydrogens is 330 g/mol. The van der Waals surface area contributed by atoms with Crippen molar-refractivity contribution in [2.75, 3.05) is 6.61 Å². The minimum Gasteiger partial charge on any atom is -0.492 e. The Hall–Kier alpha value is -2.37. The lowest BCUT2D eigenvalue weighted by atomic mass is 9.34. The number of aromatic amines is 1. The van der Waals surface area contributed by atoms with E-state index in [1.807, 2.05) is 18.2 Å². The van der Waals surface area contributed by atoms with Gasteiger partial charge < -0.3 is 9.84 Å². The van der Waals surface area contributed by atoms with Gasteiger partial charge in [0.15, 0.2) is 0 Å². The smallest absolute Gasteiger partial charge is 0.309 e. The van der Waals surface area contributed by atoms with Crippen LogP contribution in [0.2, 0.25) is 0 Å². The molecule has 5 rings (SSSR count). The van der Waals surface area contributed by atoms with Gasteiger partial charge >= 0.3 is 5.97 Å². The SMILES string of the molecule is O=C(O)[C@]12C[C@](CCCCCCOc3ccc(-c4ccn[nH]4)nc3)(C1)C2. The summed E-state index contributed by atoms with van der Waals surface area (Å²) in [4.78, 5) is 15.5. The Morgan fingerprint density at radius 2 is 1.96 bits per heavy atom. The van der Waals surface area contributed by atoms with Crippen LogP contribution in [-0.4, -0.2) is 32.9 Å². The molecule has 0 aliphatic heterocycles. The molecule has 3 fully saturated rings. The molecule has 26 heavy (non-hydrogen) atoms. The fraction of sp³-hybridized carbons (Fsp3) is 0.550. The topological polar surface area (TPSA) is 88.1 Å². The van der Waals surface area contributed by atoms with Gasteiger partial charge in [0, 0.05) is 6.20 Å². The molecule has 2 N–H and O–H groups in total. The van der Waals surface area contributed by atoms with Gasteiger partial charge in [-0.05, 0) is 55.7 Å². The maximum atomic E-state index is 11.1. The Balaban J connectivity index is 1.07. The Bertz CT molecular complexity index is 735. The van der Waals surface area contributed by atoms with Gasteiger partial charge in [-0.25, -0.2) is 0 Å². The first kappa shape index (κ1) is 17.1. The number of carbonyl (C=O) groups is 1. The van der Waals surface area contributed by atoms with Crippen LogP contribution < -0.4 is 4.74 Å². The van der Waals surface area contributed by atoms with Crippen molar-refractivity contribution in [2.24, 2.45) is 10.8 Å². The number of rotatable bonds is 10. The molecule has 2 bridgehead atoms. The molecule has 2 heterocycles. The summed E-state index contributed by atoms with van der Waals surface area (Å²) in [7, 11) is 0. The first-order valence-electron chi connectivity index (χ1n) is 9.43. The maximum absolute atomic E-state index is 11.1. The first-order valence-corrected chi connectivity index (χ1v) is 9.43. The predicted molar refractivity (Wildman–Crippen MR) is 96.8 cm³/mol. The summed E-state index contributed by atoms with van der Waals surface area (Å²) in [5, 5.41) is 16.0. The highest BCUT2D eigenvalue weighted by molar-refractivity contribution is 5.79. The average Bonchev–Trinajstić information content (AvgIpc) is 3.09. The highest BCUT2D eigenvalue weighted by Crippen LogP contribution is 2.75. The number of hydrogen-bond acceptors (Lipinski definition) is 4. The molecule has 2 aromatic heterocycles. The number of aliphatic carboxylic acids is 1. The van der Waals surface area contributed by atoms with Crippen LogP contribution in [0.5, 0.6) is 5.75 Å². The Morgan fingerprint density at radius 3 is 2.62 bits per heavy atom. The highest BCUT2D eigenvalue weighted by Gasteiger charge is 2.70. The first-order chi connectivity index (χ1) is 12.6. The van der Waals surface area contributed by atoms with E-state index in [2.05, 4.69) is 15.2 Å². The number of aromatic nitrogens is 3. The number of pyridine rings is 1. The van der Waals surface area contributed by atoms with Crippen molar-refractivity contribution < 1.29 is 14.6 Å². The zero-order valence-electron chi connectivity index (χ0n) is 14.9. The summed E-state index contributed by atoms with van der Waals surface area (Å²) < 4.78 is 5.75. The number of nitrogens with one attached hydrogen (secondary N) is 1. The van der Waals surface area contributed by atoms with Crippen molar-refractivity contribution in [1.82, 2.24) is 15.2 Å². The molecule has 2 aromatic rings. The van der Waals surface area contributed by atoms with E-state index >= 15 is 0 Å². The second-order valence-corrected chi connectivity index (χ2v) is 7.98. The van der Waals surface area contributed by atoms with Crippen LogP contribution in [0, 0.1) is 10.8 Å². The van der Waals surface area contributed by atoms with Crippen molar-refractivity contribution >= 4 is 5.97 Å². The standard InChI is InChI=1S/C20H25N3O3/c24-18(25)20-12-19(13-20,14-20)8-3-1-2-4-10-26-15-5-6-16(21-11-15)17-7-9-22-23-17/h5-7,9,11H,1-4,8,10,12-14H2,(H,22,23)(H,24,25)/t19-,20-. The molecule has 0 unspecified atom stereocenters. The van der Waals surface area contributed by atoms with Crippen molar-refractivity contribution in [1.29, 1.82) is 0 Å². The van der Waals surface area contributed by atoms with E-state index in [0.29, 0.717) is 12.0 Å². The van der Waals surface area contributed by atoms with Crippen LogP contribution in [-0.2, 0) is 4.79 Å². The lowest BCUT2D eigenvalue weighted by Crippen LogP contribution is -2.65. The van der Waals surface area contributed by atoms with Gasteiger partial charge in [-0.3, -0.25) is 14.9 Å². The molecule has 0 radical (unpaired) electrons. The van der Waals surface area contributed by atoms with Crippen molar-refractivity contribution in [3.63, 3.8) is 0 Å². The molecule has 0 atom stereocenters. The van der Waals surface area contributed by atoms with Gasteiger partial charge in [-0.1, -0.05) is 19.3 Å². The fourth-order valence-electron chi connectivity index (χ4n) is 4.66. The van der Waals surface area contributed by atoms with Gasteiger partial charge in [-0.2, -0.15) is 5.10 Å². The summed E-state index contributed by atoms with van der Waals surface area (Å²) in [6, 6.07) is 5.75. The van der Waals surface area contributed by atoms with Crippen LogP contribution >= 0.6 is 0 Å². The number of nitrogens with zero attached hydrogens (tertiary/aromatic N) is 2. The summed E-state index contributed by atoms with van der Waals surface area (Å²) in [5.74, 6) is 0.213. The van der Waals surface area contributed by atoms with Crippen LogP contribution in [0.15, 0.2) is 30.6 Å². The number of hydrogen-bond donors (Lipinski definition) is 2. The van der Waals surface area contributed by atoms with Crippen LogP contribution in [0.1, 0.15) is 51.4 Å². The van der Waals surface area contributed by atoms with Crippen molar-refractivity contribution in [2.45, 2.75) is 51.4 Å². The molecule has 3 aliphatic carbocycles. The quantitative estimate of drug-likeness (QED) is 0.628. The zero-order chi connectivity index (χ0) is 18.0. The number of carboxylic acid groups (broad SMARTS) is 1. The van der Waals surface area contributed by atoms with Crippen LogP contribution in [0.4, 0.5) is 0 Å². The molecule has 3 aliphatic rings. The zero-order valence-corrected chi connectivity index (χ0v) is 14.9. The number of H-pyrrole nitrogens is 1. The van der Waals surface area contributed by atoms with Gasteiger partial charge in [0.05, 0.1) is 29.6 Å². The number of carboxylic acids is 1.